The fraction of sp³-hybridized carbons (Fsp3) is 0.500. The molecule has 0 aliphatic carbocycles. The molecule has 0 amide bonds. The third-order valence-electron chi connectivity index (χ3n) is 3.01. The topological polar surface area (TPSA) is 9.23 Å². The van der Waals surface area contributed by atoms with Crippen molar-refractivity contribution in [2.75, 3.05) is 19.0 Å². The van der Waals surface area contributed by atoms with E-state index in [4.69, 9.17) is 4.74 Å². The van der Waals surface area contributed by atoms with Gasteiger partial charge in [0, 0.05) is 5.75 Å². The lowest BCUT2D eigenvalue weighted by Gasteiger charge is -2.41. The zero-order chi connectivity index (χ0) is 10.2. The van der Waals surface area contributed by atoms with E-state index < -0.39 is 0 Å². The second-order valence-electron chi connectivity index (χ2n) is 4.25. The predicted molar refractivity (Wildman–Crippen MR) is 62.3 cm³/mol. The van der Waals surface area contributed by atoms with Gasteiger partial charge in [0.25, 0.3) is 0 Å². The summed E-state index contributed by atoms with van der Waals surface area (Å²) in [5, 5.41) is 0. The average molecular weight is 208 g/mol. The van der Waals surface area contributed by atoms with Crippen LogP contribution in [-0.2, 0) is 10.2 Å². The van der Waals surface area contributed by atoms with Gasteiger partial charge in [-0.25, -0.2) is 0 Å². The number of ether oxygens (including phenoxy) is 1. The molecule has 1 fully saturated rings. The summed E-state index contributed by atoms with van der Waals surface area (Å²) in [7, 11) is 0. The molecule has 0 unspecified atom stereocenters. The van der Waals surface area contributed by atoms with Crippen molar-refractivity contribution >= 4 is 12.6 Å². The summed E-state index contributed by atoms with van der Waals surface area (Å²) in [5.74, 6) is 0.872. The summed E-state index contributed by atoms with van der Waals surface area (Å²) in [6.07, 6.45) is 0. The lowest BCUT2D eigenvalue weighted by atomic mass is 9.78. The molecule has 2 rings (SSSR count). The molecule has 1 saturated heterocycles. The fourth-order valence-electron chi connectivity index (χ4n) is 2.09. The van der Waals surface area contributed by atoms with E-state index in [0.717, 1.165) is 19.0 Å². The molecule has 1 heterocycles. The Morgan fingerprint density at radius 1 is 1.36 bits per heavy atom. The van der Waals surface area contributed by atoms with Gasteiger partial charge in [0.2, 0.25) is 0 Å². The van der Waals surface area contributed by atoms with Crippen molar-refractivity contribution in [3.63, 3.8) is 0 Å². The number of hydrogen-bond acceptors (Lipinski definition) is 2. The van der Waals surface area contributed by atoms with Crippen LogP contribution in [0.1, 0.15) is 16.7 Å². The summed E-state index contributed by atoms with van der Waals surface area (Å²) in [5.41, 5.74) is 4.27. The molecule has 0 atom stereocenters. The smallest absolute Gasteiger partial charge is 0.0593 e. The van der Waals surface area contributed by atoms with Crippen LogP contribution < -0.4 is 0 Å². The maximum atomic E-state index is 5.32. The summed E-state index contributed by atoms with van der Waals surface area (Å²) in [6, 6.07) is 6.63. The Morgan fingerprint density at radius 3 is 2.50 bits per heavy atom. The zero-order valence-electron chi connectivity index (χ0n) is 8.71. The minimum Gasteiger partial charge on any atom is -0.379 e. The van der Waals surface area contributed by atoms with Gasteiger partial charge in [-0.15, -0.1) is 0 Å². The van der Waals surface area contributed by atoms with E-state index in [1.807, 2.05) is 0 Å². The van der Waals surface area contributed by atoms with Gasteiger partial charge < -0.3 is 4.74 Å². The molecule has 1 aromatic rings. The van der Waals surface area contributed by atoms with Gasteiger partial charge >= 0.3 is 0 Å². The first kappa shape index (κ1) is 10.1. The van der Waals surface area contributed by atoms with E-state index in [2.05, 4.69) is 44.7 Å². The second-order valence-corrected chi connectivity index (χ2v) is 4.57. The molecule has 14 heavy (non-hydrogen) atoms. The molecule has 2 heteroatoms. The van der Waals surface area contributed by atoms with Crippen LogP contribution in [0.4, 0.5) is 0 Å². The Morgan fingerprint density at radius 2 is 2.07 bits per heavy atom. The largest absolute Gasteiger partial charge is 0.379 e. The molecule has 76 valence electrons. The van der Waals surface area contributed by atoms with Crippen LogP contribution in [0.5, 0.6) is 0 Å². The van der Waals surface area contributed by atoms with Gasteiger partial charge in [0.1, 0.15) is 0 Å². The zero-order valence-corrected chi connectivity index (χ0v) is 9.60. The normalized spacial score (nSPS) is 19.1. The first-order valence-corrected chi connectivity index (χ1v) is 5.57. The quantitative estimate of drug-likeness (QED) is 0.735. The number of aryl methyl sites for hydroxylation is 2. The summed E-state index contributed by atoms with van der Waals surface area (Å²) >= 11 is 4.44. The Kier molecular flexibility index (Phi) is 2.58. The van der Waals surface area contributed by atoms with Crippen LogP contribution in [0, 0.1) is 13.8 Å². The van der Waals surface area contributed by atoms with E-state index in [1.54, 1.807) is 0 Å². The number of thiol groups is 1. The first-order chi connectivity index (χ1) is 6.68. The number of benzene rings is 1. The van der Waals surface area contributed by atoms with Crippen molar-refractivity contribution < 1.29 is 4.74 Å². The Bertz CT molecular complexity index is 337. The molecule has 0 radical (unpaired) electrons. The number of hydrogen-bond donors (Lipinski definition) is 1. The van der Waals surface area contributed by atoms with Crippen LogP contribution in [0.2, 0.25) is 0 Å². The van der Waals surface area contributed by atoms with Gasteiger partial charge in [-0.1, -0.05) is 23.8 Å². The standard InChI is InChI=1S/C12H16OS/c1-9-3-4-11(10(2)5-9)12(8-14)6-13-7-12/h3-5,14H,6-8H2,1-2H3. The van der Waals surface area contributed by atoms with E-state index in [0.29, 0.717) is 0 Å². The highest BCUT2D eigenvalue weighted by Crippen LogP contribution is 2.35. The average Bonchev–Trinajstić information content (AvgIpc) is 2.07. The van der Waals surface area contributed by atoms with E-state index >= 15 is 0 Å². The lowest BCUT2D eigenvalue weighted by molar-refractivity contribution is -0.0473. The Balaban J connectivity index is 2.40. The van der Waals surface area contributed by atoms with Crippen molar-refractivity contribution in [3.8, 4) is 0 Å². The van der Waals surface area contributed by atoms with Crippen LogP contribution in [-0.4, -0.2) is 19.0 Å². The van der Waals surface area contributed by atoms with Crippen LogP contribution >= 0.6 is 12.6 Å². The molecule has 1 aliphatic heterocycles. The van der Waals surface area contributed by atoms with Crippen LogP contribution in [0.3, 0.4) is 0 Å². The van der Waals surface area contributed by atoms with Gasteiger partial charge in [-0.05, 0) is 25.0 Å². The maximum absolute atomic E-state index is 5.32. The fourth-order valence-corrected chi connectivity index (χ4v) is 2.44. The summed E-state index contributed by atoms with van der Waals surface area (Å²) in [6.45, 7) is 5.94. The van der Waals surface area contributed by atoms with Gasteiger partial charge in [0.15, 0.2) is 0 Å². The molecule has 1 nitrogen and oxygen atoms in total. The minimum atomic E-state index is 0.181. The third kappa shape index (κ3) is 1.47. The molecule has 0 spiro atoms. The van der Waals surface area contributed by atoms with Gasteiger partial charge in [-0.3, -0.25) is 0 Å². The highest BCUT2D eigenvalue weighted by Gasteiger charge is 2.39. The monoisotopic (exact) mass is 208 g/mol. The van der Waals surface area contributed by atoms with Crippen molar-refractivity contribution in [1.29, 1.82) is 0 Å². The molecule has 0 N–H and O–H groups in total. The van der Waals surface area contributed by atoms with E-state index in [9.17, 15) is 0 Å². The van der Waals surface area contributed by atoms with Gasteiger partial charge in [-0.2, -0.15) is 12.6 Å². The highest BCUT2D eigenvalue weighted by atomic mass is 32.1. The molecule has 0 bridgehead atoms. The van der Waals surface area contributed by atoms with Crippen molar-refractivity contribution in [1.82, 2.24) is 0 Å². The maximum Gasteiger partial charge on any atom is 0.0593 e. The Labute approximate surface area is 90.9 Å². The first-order valence-electron chi connectivity index (χ1n) is 4.94. The van der Waals surface area contributed by atoms with Crippen molar-refractivity contribution in [2.24, 2.45) is 0 Å². The highest BCUT2D eigenvalue weighted by molar-refractivity contribution is 7.80. The molecular weight excluding hydrogens is 192 g/mol. The van der Waals surface area contributed by atoms with E-state index in [-0.39, 0.29) is 5.41 Å². The Hall–Kier alpha value is -0.470. The summed E-state index contributed by atoms with van der Waals surface area (Å²) in [4.78, 5) is 0. The molecule has 0 saturated carbocycles. The second kappa shape index (κ2) is 3.59. The third-order valence-corrected chi connectivity index (χ3v) is 3.62. The van der Waals surface area contributed by atoms with Crippen molar-refractivity contribution in [3.05, 3.63) is 34.9 Å². The van der Waals surface area contributed by atoms with E-state index in [1.165, 1.54) is 16.7 Å². The summed E-state index contributed by atoms with van der Waals surface area (Å²) < 4.78 is 5.32. The minimum absolute atomic E-state index is 0.181. The van der Waals surface area contributed by atoms with Crippen molar-refractivity contribution in [2.45, 2.75) is 19.3 Å². The SMILES string of the molecule is Cc1ccc(C2(CS)COC2)c(C)c1. The molecule has 1 aromatic carbocycles. The van der Waals surface area contributed by atoms with Crippen LogP contribution in [0.25, 0.3) is 0 Å². The predicted octanol–water partition coefficient (Wildman–Crippen LogP) is 2.50. The molecule has 0 aromatic heterocycles. The molecular formula is C12H16OS. The lowest BCUT2D eigenvalue weighted by Crippen LogP contribution is -2.48. The van der Waals surface area contributed by atoms with Crippen LogP contribution in [0.15, 0.2) is 18.2 Å². The number of rotatable bonds is 2. The molecule has 1 aliphatic rings. The van der Waals surface area contributed by atoms with Gasteiger partial charge in [0.05, 0.1) is 18.6 Å².